The van der Waals surface area contributed by atoms with Gasteiger partial charge in [0.1, 0.15) is 5.75 Å². The van der Waals surface area contributed by atoms with Crippen LogP contribution in [0.2, 0.25) is 0 Å². The molecular weight excluding hydrogens is 638 g/mol. The molecule has 8 nitrogen and oxygen atoms in total. The Morgan fingerprint density at radius 2 is 1.65 bits per heavy atom. The molecule has 2 heterocycles. The number of hydrogen-bond acceptors (Lipinski definition) is 5. The van der Waals surface area contributed by atoms with Crippen molar-refractivity contribution in [3.05, 3.63) is 106 Å². The van der Waals surface area contributed by atoms with Gasteiger partial charge in [-0.15, -0.1) is 0 Å². The monoisotopic (exact) mass is 691 g/mol. The Balaban J connectivity index is 1.23. The topological polar surface area (TPSA) is 99.2 Å². The Labute approximate surface area is 302 Å². The second-order valence-electron chi connectivity index (χ2n) is 15.5. The minimum atomic E-state index is -0.978. The lowest BCUT2D eigenvalue weighted by atomic mass is 9.82. The van der Waals surface area contributed by atoms with Crippen molar-refractivity contribution in [2.45, 2.75) is 97.7 Å². The predicted molar refractivity (Wildman–Crippen MR) is 201 cm³/mol. The third-order valence-electron chi connectivity index (χ3n) is 11.0. The highest BCUT2D eigenvalue weighted by Gasteiger charge is 2.43. The number of hydrogen-bond donors (Lipinski definition) is 2. The van der Waals surface area contributed by atoms with E-state index in [2.05, 4.69) is 79.5 Å². The highest BCUT2D eigenvalue weighted by atomic mass is 16.5. The first-order valence-electron chi connectivity index (χ1n) is 18.5. The van der Waals surface area contributed by atoms with Gasteiger partial charge in [0.2, 0.25) is 5.91 Å². The number of amides is 2. The number of carbonyl (C=O) groups excluding carboxylic acids is 2. The molecule has 3 aromatic carbocycles. The van der Waals surface area contributed by atoms with Gasteiger partial charge < -0.3 is 25.0 Å². The Hall–Kier alpha value is -4.43. The summed E-state index contributed by atoms with van der Waals surface area (Å²) in [5, 5.41) is 13.3. The first kappa shape index (κ1) is 36.4. The molecule has 1 saturated carbocycles. The van der Waals surface area contributed by atoms with Gasteiger partial charge in [0.05, 0.1) is 18.1 Å². The van der Waals surface area contributed by atoms with E-state index in [9.17, 15) is 19.5 Å². The van der Waals surface area contributed by atoms with Crippen molar-refractivity contribution in [1.82, 2.24) is 15.1 Å². The summed E-state index contributed by atoms with van der Waals surface area (Å²) in [5.41, 5.74) is 7.87. The minimum Gasteiger partial charge on any atom is -0.493 e. The molecule has 0 spiro atoms. The lowest BCUT2D eigenvalue weighted by Crippen LogP contribution is -2.62. The zero-order chi connectivity index (χ0) is 36.3. The summed E-state index contributed by atoms with van der Waals surface area (Å²) in [6.07, 6.45) is 4.64. The maximum Gasteiger partial charge on any atom is 0.309 e. The van der Waals surface area contributed by atoms with E-state index in [-0.39, 0.29) is 42.8 Å². The van der Waals surface area contributed by atoms with E-state index in [1.165, 1.54) is 27.8 Å². The first-order chi connectivity index (χ1) is 24.4. The van der Waals surface area contributed by atoms with Crippen LogP contribution >= 0.6 is 0 Å². The lowest BCUT2D eigenvalue weighted by molar-refractivity contribution is -0.148. The van der Waals surface area contributed by atoms with Gasteiger partial charge in [0.25, 0.3) is 5.91 Å². The molecule has 3 aliphatic rings. The molecule has 51 heavy (non-hydrogen) atoms. The van der Waals surface area contributed by atoms with Crippen molar-refractivity contribution in [2.24, 2.45) is 5.41 Å². The molecular formula is C43H53N3O5. The number of ether oxygens (including phenoxy) is 1. The van der Waals surface area contributed by atoms with Crippen molar-refractivity contribution >= 4 is 23.4 Å². The van der Waals surface area contributed by atoms with Crippen molar-refractivity contribution in [2.75, 3.05) is 26.2 Å². The first-order valence-corrected chi connectivity index (χ1v) is 18.5. The molecule has 270 valence electrons. The number of carbonyl (C=O) groups is 3. The third-order valence-corrected chi connectivity index (χ3v) is 11.0. The fraction of sp³-hybridized carbons (Fsp3) is 0.465. The van der Waals surface area contributed by atoms with Crippen LogP contribution in [0.4, 0.5) is 0 Å². The number of nitrogens with one attached hydrogen (secondary N) is 1. The Morgan fingerprint density at radius 1 is 0.941 bits per heavy atom. The molecule has 2 fully saturated rings. The molecule has 1 saturated heterocycles. The van der Waals surface area contributed by atoms with Gasteiger partial charge >= 0.3 is 5.97 Å². The van der Waals surface area contributed by atoms with Crippen LogP contribution in [-0.4, -0.2) is 77.1 Å². The number of carboxylic acids is 1. The van der Waals surface area contributed by atoms with Crippen LogP contribution in [0, 0.1) is 26.2 Å². The van der Waals surface area contributed by atoms with Gasteiger partial charge in [-0.3, -0.25) is 14.4 Å². The van der Waals surface area contributed by atoms with Crippen molar-refractivity contribution in [3.8, 4) is 5.75 Å². The number of carboxylic acid groups (broad SMARTS) is 1. The van der Waals surface area contributed by atoms with Crippen molar-refractivity contribution in [1.29, 1.82) is 0 Å². The molecule has 2 amide bonds. The number of rotatable bonds is 14. The van der Waals surface area contributed by atoms with E-state index in [0.717, 1.165) is 48.1 Å². The van der Waals surface area contributed by atoms with Gasteiger partial charge in [-0.05, 0) is 112 Å². The SMILES string of the molecule is Cc1cc(C)c(C)c(OCCc2ccc(C3=C(C(=O)N(CCc4ccccc4)C4CC4)[C@H]4CN(C(=O)CCC(C)(C)C(=O)O)C[C@@H](C3)N4)cc2)c1. The minimum absolute atomic E-state index is 0.000435. The maximum absolute atomic E-state index is 14.8. The van der Waals surface area contributed by atoms with Crippen molar-refractivity contribution in [3.63, 3.8) is 0 Å². The van der Waals surface area contributed by atoms with E-state index in [4.69, 9.17) is 4.74 Å². The zero-order valence-corrected chi connectivity index (χ0v) is 30.8. The van der Waals surface area contributed by atoms with E-state index >= 15 is 0 Å². The van der Waals surface area contributed by atoms with Gasteiger partial charge in [-0.2, -0.15) is 0 Å². The molecule has 0 radical (unpaired) electrons. The molecule has 2 bridgehead atoms. The molecule has 2 N–H and O–H groups in total. The maximum atomic E-state index is 14.8. The van der Waals surface area contributed by atoms with E-state index in [1.807, 2.05) is 23.1 Å². The number of aliphatic carboxylic acids is 1. The van der Waals surface area contributed by atoms with Gasteiger partial charge in [-0.25, -0.2) is 0 Å². The van der Waals surface area contributed by atoms with Gasteiger partial charge in [0.15, 0.2) is 0 Å². The van der Waals surface area contributed by atoms with Crippen LogP contribution in [0.25, 0.3) is 5.57 Å². The fourth-order valence-electron chi connectivity index (χ4n) is 7.44. The van der Waals surface area contributed by atoms with Crippen molar-refractivity contribution < 1.29 is 24.2 Å². The number of nitrogens with zero attached hydrogens (tertiary/aromatic N) is 2. The summed E-state index contributed by atoms with van der Waals surface area (Å²) in [5.74, 6) is 0.0340. The molecule has 2 aliphatic heterocycles. The van der Waals surface area contributed by atoms with Crippen LogP contribution < -0.4 is 10.1 Å². The molecule has 0 unspecified atom stereocenters. The number of fused-ring (bicyclic) bond motifs is 2. The lowest BCUT2D eigenvalue weighted by Gasteiger charge is -2.45. The molecule has 8 heteroatoms. The summed E-state index contributed by atoms with van der Waals surface area (Å²) in [6.45, 7) is 11.8. The number of benzene rings is 3. The average Bonchev–Trinajstić information content (AvgIpc) is 3.95. The van der Waals surface area contributed by atoms with Crippen LogP contribution in [-0.2, 0) is 27.2 Å². The predicted octanol–water partition coefficient (Wildman–Crippen LogP) is 6.68. The fourth-order valence-corrected chi connectivity index (χ4v) is 7.44. The summed E-state index contributed by atoms with van der Waals surface area (Å²) in [7, 11) is 0. The quantitative estimate of drug-likeness (QED) is 0.196. The average molecular weight is 692 g/mol. The van der Waals surface area contributed by atoms with Gasteiger partial charge in [0, 0.05) is 50.1 Å². The normalized spacial score (nSPS) is 18.8. The van der Waals surface area contributed by atoms with Crippen LogP contribution in [0.15, 0.2) is 72.3 Å². The molecule has 2 atom stereocenters. The van der Waals surface area contributed by atoms with Crippen LogP contribution in [0.5, 0.6) is 5.75 Å². The van der Waals surface area contributed by atoms with E-state index in [1.54, 1.807) is 13.8 Å². The highest BCUT2D eigenvalue weighted by Crippen LogP contribution is 2.37. The largest absolute Gasteiger partial charge is 0.493 e. The van der Waals surface area contributed by atoms with Crippen LogP contribution in [0.3, 0.4) is 0 Å². The summed E-state index contributed by atoms with van der Waals surface area (Å²) in [4.78, 5) is 43.9. The molecule has 1 aliphatic carbocycles. The Morgan fingerprint density at radius 3 is 2.33 bits per heavy atom. The van der Waals surface area contributed by atoms with Gasteiger partial charge in [-0.1, -0.05) is 60.7 Å². The molecule has 6 rings (SSSR count). The number of piperazine rings is 1. The Kier molecular flexibility index (Phi) is 11.0. The smallest absolute Gasteiger partial charge is 0.309 e. The third kappa shape index (κ3) is 8.73. The summed E-state index contributed by atoms with van der Waals surface area (Å²) in [6, 6.07) is 23.1. The zero-order valence-electron chi connectivity index (χ0n) is 30.8. The highest BCUT2D eigenvalue weighted by molar-refractivity contribution is 6.03. The molecule has 3 aromatic rings. The second kappa shape index (κ2) is 15.4. The molecule has 0 aromatic heterocycles. The second-order valence-corrected chi connectivity index (χ2v) is 15.5. The summed E-state index contributed by atoms with van der Waals surface area (Å²) >= 11 is 0. The van der Waals surface area contributed by atoms with Crippen LogP contribution in [0.1, 0.15) is 79.3 Å². The summed E-state index contributed by atoms with van der Waals surface area (Å²) < 4.78 is 6.21. The standard InChI is InChI=1S/C43H53N3O5/c1-28-23-29(2)30(3)38(24-28)51-22-19-32-11-13-33(14-12-32)36-25-34-26-45(39(47)17-20-43(4,5)42(49)50)27-37(44-34)40(36)41(48)46(35-15-16-35)21-18-31-9-7-6-8-10-31/h6-14,23-24,34-35,37,44H,15-22,25-27H2,1-5H3,(H,49,50)/t34-,37-/m1/s1. The number of aryl methyl sites for hydroxylation is 2. The Bertz CT molecular complexity index is 1780. The van der Waals surface area contributed by atoms with E-state index in [0.29, 0.717) is 32.7 Å². The van der Waals surface area contributed by atoms with E-state index < -0.39 is 11.4 Å².